The van der Waals surface area contributed by atoms with E-state index in [1.807, 2.05) is 0 Å². The summed E-state index contributed by atoms with van der Waals surface area (Å²) in [5, 5.41) is 7.41. The predicted molar refractivity (Wildman–Crippen MR) is 53.9 cm³/mol. The third-order valence-corrected chi connectivity index (χ3v) is 1.99. The van der Waals surface area contributed by atoms with Gasteiger partial charge in [-0.25, -0.2) is 0 Å². The Hall–Kier alpha value is -1.37. The molecule has 0 aliphatic carbocycles. The van der Waals surface area contributed by atoms with Crippen LogP contribution in [-0.4, -0.2) is 29.5 Å². The first-order valence-electron chi connectivity index (χ1n) is 4.80. The van der Waals surface area contributed by atoms with Gasteiger partial charge in [0.05, 0.1) is 5.69 Å². The van der Waals surface area contributed by atoms with Crippen molar-refractivity contribution < 1.29 is 13.2 Å². The number of anilines is 1. The van der Waals surface area contributed by atoms with E-state index < -0.39 is 12.7 Å². The molecule has 0 aliphatic rings. The first-order chi connectivity index (χ1) is 7.46. The van der Waals surface area contributed by atoms with Crippen molar-refractivity contribution in [3.05, 3.63) is 17.8 Å². The molecule has 0 amide bonds. The van der Waals surface area contributed by atoms with Crippen molar-refractivity contribution in [2.45, 2.75) is 19.6 Å². The summed E-state index contributed by atoms with van der Waals surface area (Å²) in [6.07, 6.45) is -4.25. The van der Waals surface area contributed by atoms with Crippen molar-refractivity contribution in [3.8, 4) is 0 Å². The molecule has 7 heteroatoms. The van der Waals surface area contributed by atoms with E-state index >= 15 is 0 Å². The maximum Gasteiger partial charge on any atom is 0.405 e. The molecule has 0 radical (unpaired) electrons. The monoisotopic (exact) mass is 234 g/mol. The standard InChI is InChI=1S/C9H13F3N4/c1-2-16(6-9(10,11)12)8-4-3-7(5-13)14-15-8/h3-4H,2,5-6,13H2,1H3. The van der Waals surface area contributed by atoms with E-state index in [9.17, 15) is 13.2 Å². The SMILES string of the molecule is CCN(CC(F)(F)F)c1ccc(CN)nn1. The first-order valence-corrected chi connectivity index (χ1v) is 4.80. The number of rotatable bonds is 4. The third-order valence-electron chi connectivity index (χ3n) is 1.99. The van der Waals surface area contributed by atoms with Gasteiger partial charge in [0.15, 0.2) is 5.82 Å². The van der Waals surface area contributed by atoms with Crippen molar-refractivity contribution in [1.29, 1.82) is 0 Å². The van der Waals surface area contributed by atoms with Gasteiger partial charge < -0.3 is 10.6 Å². The van der Waals surface area contributed by atoms with Crippen molar-refractivity contribution in [3.63, 3.8) is 0 Å². The number of nitrogens with zero attached hydrogens (tertiary/aromatic N) is 3. The number of nitrogens with two attached hydrogens (primary N) is 1. The zero-order valence-electron chi connectivity index (χ0n) is 8.83. The molecule has 0 unspecified atom stereocenters. The van der Waals surface area contributed by atoms with Crippen molar-refractivity contribution in [2.75, 3.05) is 18.0 Å². The largest absolute Gasteiger partial charge is 0.405 e. The molecule has 16 heavy (non-hydrogen) atoms. The topological polar surface area (TPSA) is 55.0 Å². The van der Waals surface area contributed by atoms with Gasteiger partial charge in [0.25, 0.3) is 0 Å². The highest BCUT2D eigenvalue weighted by molar-refractivity contribution is 5.37. The lowest BCUT2D eigenvalue weighted by molar-refractivity contribution is -0.119. The van der Waals surface area contributed by atoms with Gasteiger partial charge >= 0.3 is 6.18 Å². The van der Waals surface area contributed by atoms with Crippen LogP contribution in [0.1, 0.15) is 12.6 Å². The minimum absolute atomic E-state index is 0.206. The van der Waals surface area contributed by atoms with E-state index in [1.54, 1.807) is 13.0 Å². The minimum Gasteiger partial charge on any atom is -0.346 e. The molecule has 0 fully saturated rings. The molecule has 1 heterocycles. The summed E-state index contributed by atoms with van der Waals surface area (Å²) in [6.45, 7) is 1.04. The molecule has 0 spiro atoms. The van der Waals surface area contributed by atoms with Gasteiger partial charge in [-0.3, -0.25) is 0 Å². The highest BCUT2D eigenvalue weighted by atomic mass is 19.4. The molecule has 0 bridgehead atoms. The predicted octanol–water partition coefficient (Wildman–Crippen LogP) is 1.32. The molecule has 4 nitrogen and oxygen atoms in total. The van der Waals surface area contributed by atoms with E-state index in [-0.39, 0.29) is 18.9 Å². The number of halogens is 3. The van der Waals surface area contributed by atoms with Crippen molar-refractivity contribution in [2.24, 2.45) is 5.73 Å². The molecular weight excluding hydrogens is 221 g/mol. The molecule has 0 saturated heterocycles. The molecule has 0 saturated carbocycles. The van der Waals surface area contributed by atoms with E-state index in [2.05, 4.69) is 10.2 Å². The van der Waals surface area contributed by atoms with Crippen LogP contribution in [0.5, 0.6) is 0 Å². The Bertz CT molecular complexity index is 323. The number of hydrogen-bond donors (Lipinski definition) is 1. The summed E-state index contributed by atoms with van der Waals surface area (Å²) in [6, 6.07) is 3.06. The quantitative estimate of drug-likeness (QED) is 0.853. The fraction of sp³-hybridized carbons (Fsp3) is 0.556. The summed E-state index contributed by atoms with van der Waals surface area (Å²) in [4.78, 5) is 1.10. The van der Waals surface area contributed by atoms with E-state index in [4.69, 9.17) is 5.73 Å². The number of aromatic nitrogens is 2. The highest BCUT2D eigenvalue weighted by Gasteiger charge is 2.30. The fourth-order valence-electron chi connectivity index (χ4n) is 1.20. The molecule has 2 N–H and O–H groups in total. The highest BCUT2D eigenvalue weighted by Crippen LogP contribution is 2.19. The molecule has 90 valence electrons. The maximum atomic E-state index is 12.2. The average molecular weight is 234 g/mol. The minimum atomic E-state index is -4.25. The fourth-order valence-corrected chi connectivity index (χ4v) is 1.20. The van der Waals surface area contributed by atoms with E-state index in [0.717, 1.165) is 4.90 Å². The zero-order valence-corrected chi connectivity index (χ0v) is 8.83. The zero-order chi connectivity index (χ0) is 12.2. The second-order valence-electron chi connectivity index (χ2n) is 3.22. The van der Waals surface area contributed by atoms with E-state index in [0.29, 0.717) is 5.69 Å². The molecule has 1 rings (SSSR count). The summed E-state index contributed by atoms with van der Waals surface area (Å²) < 4.78 is 36.6. The first kappa shape index (κ1) is 12.7. The number of hydrogen-bond acceptors (Lipinski definition) is 4. The van der Waals surface area contributed by atoms with Crippen LogP contribution < -0.4 is 10.6 Å². The summed E-state index contributed by atoms with van der Waals surface area (Å²) in [5.41, 5.74) is 5.86. The van der Waals surface area contributed by atoms with Crippen LogP contribution in [-0.2, 0) is 6.54 Å². The lowest BCUT2D eigenvalue weighted by Gasteiger charge is -2.22. The molecule has 1 aromatic heterocycles. The van der Waals surface area contributed by atoms with Gasteiger partial charge in [0.2, 0.25) is 0 Å². The van der Waals surface area contributed by atoms with Crippen LogP contribution in [0.15, 0.2) is 12.1 Å². The Kier molecular flexibility index (Phi) is 4.05. The van der Waals surface area contributed by atoms with Crippen LogP contribution in [0.25, 0.3) is 0 Å². The summed E-state index contributed by atoms with van der Waals surface area (Å²) in [5.74, 6) is 0.206. The lowest BCUT2D eigenvalue weighted by atomic mass is 10.3. The Morgan fingerprint density at radius 1 is 1.31 bits per heavy atom. The maximum absolute atomic E-state index is 12.2. The lowest BCUT2D eigenvalue weighted by Crippen LogP contribution is -2.34. The van der Waals surface area contributed by atoms with Crippen LogP contribution in [0, 0.1) is 0 Å². The van der Waals surface area contributed by atoms with Crippen molar-refractivity contribution in [1.82, 2.24) is 10.2 Å². The number of alkyl halides is 3. The third kappa shape index (κ3) is 3.65. The normalized spacial score (nSPS) is 11.6. The molecule has 0 atom stereocenters. The van der Waals surface area contributed by atoms with Gasteiger partial charge in [-0.05, 0) is 19.1 Å². The Morgan fingerprint density at radius 3 is 2.38 bits per heavy atom. The molecular formula is C9H13F3N4. The van der Waals surface area contributed by atoms with Crippen LogP contribution in [0.2, 0.25) is 0 Å². The van der Waals surface area contributed by atoms with Crippen molar-refractivity contribution >= 4 is 5.82 Å². The van der Waals surface area contributed by atoms with Gasteiger partial charge in [0.1, 0.15) is 6.54 Å². The molecule has 0 aromatic carbocycles. The van der Waals surface area contributed by atoms with Crippen LogP contribution in [0.3, 0.4) is 0 Å². The van der Waals surface area contributed by atoms with E-state index in [1.165, 1.54) is 6.07 Å². The Morgan fingerprint density at radius 2 is 2.00 bits per heavy atom. The second-order valence-corrected chi connectivity index (χ2v) is 3.22. The van der Waals surface area contributed by atoms with Gasteiger partial charge in [0, 0.05) is 13.1 Å². The molecule has 1 aromatic rings. The van der Waals surface area contributed by atoms with Crippen LogP contribution >= 0.6 is 0 Å². The molecule has 0 aliphatic heterocycles. The van der Waals surface area contributed by atoms with Gasteiger partial charge in [-0.1, -0.05) is 0 Å². The summed E-state index contributed by atoms with van der Waals surface area (Å²) in [7, 11) is 0. The van der Waals surface area contributed by atoms with Gasteiger partial charge in [-0.15, -0.1) is 5.10 Å². The second kappa shape index (κ2) is 5.11. The van der Waals surface area contributed by atoms with Crippen LogP contribution in [0.4, 0.5) is 19.0 Å². The smallest absolute Gasteiger partial charge is 0.346 e. The Labute approximate surface area is 91.3 Å². The van der Waals surface area contributed by atoms with Gasteiger partial charge in [-0.2, -0.15) is 18.3 Å². The summed E-state index contributed by atoms with van der Waals surface area (Å²) >= 11 is 0. The average Bonchev–Trinajstić information content (AvgIpc) is 2.25. The Balaban J connectivity index is 2.79.